The molecule has 0 aliphatic heterocycles. The smallest absolute Gasteiger partial charge is 0.338 e. The minimum atomic E-state index is -0.925. The van der Waals surface area contributed by atoms with Crippen molar-refractivity contribution >= 4 is 23.4 Å². The number of carbonyl (C=O) groups excluding carboxylic acids is 2. The second-order valence-corrected chi connectivity index (χ2v) is 5.65. The molecule has 0 fully saturated rings. The molecule has 0 aromatic heterocycles. The Morgan fingerprint density at radius 3 is 2.28 bits per heavy atom. The van der Waals surface area contributed by atoms with Crippen LogP contribution in [0.5, 0.6) is 11.5 Å². The van der Waals surface area contributed by atoms with Crippen LogP contribution in [0.25, 0.3) is 0 Å². The zero-order valence-corrected chi connectivity index (χ0v) is 15.0. The van der Waals surface area contributed by atoms with Crippen molar-refractivity contribution in [3.63, 3.8) is 0 Å². The Hall–Kier alpha value is -2.53. The van der Waals surface area contributed by atoms with E-state index in [1.54, 1.807) is 36.4 Å². The molecule has 132 valence electrons. The zero-order valence-electron chi connectivity index (χ0n) is 14.2. The molecule has 6 heteroatoms. The van der Waals surface area contributed by atoms with Gasteiger partial charge >= 0.3 is 5.97 Å². The molecule has 0 bridgehead atoms. The summed E-state index contributed by atoms with van der Waals surface area (Å²) in [6, 6.07) is 11.1. The lowest BCUT2D eigenvalue weighted by molar-refractivity contribution is 0.0318. The highest BCUT2D eigenvalue weighted by Crippen LogP contribution is 2.28. The topological polar surface area (TPSA) is 61.8 Å². The molecule has 0 spiro atoms. The fourth-order valence-electron chi connectivity index (χ4n) is 2.20. The number of Topliss-reactive ketones (excluding diaryl/α,β-unsaturated/α-hetero) is 1. The third kappa shape index (κ3) is 4.73. The van der Waals surface area contributed by atoms with E-state index < -0.39 is 12.1 Å². The molecule has 0 saturated carbocycles. The Kier molecular flexibility index (Phi) is 6.42. The largest absolute Gasteiger partial charge is 0.493 e. The normalized spacial score (nSPS) is 11.5. The third-order valence-electron chi connectivity index (χ3n) is 3.48. The van der Waals surface area contributed by atoms with Gasteiger partial charge in [0.1, 0.15) is 0 Å². The second-order valence-electron chi connectivity index (χ2n) is 5.22. The Morgan fingerprint density at radius 2 is 1.68 bits per heavy atom. The highest BCUT2D eigenvalue weighted by molar-refractivity contribution is 6.30. The lowest BCUT2D eigenvalue weighted by atomic mass is 10.1. The molecular formula is C19H19ClO5. The summed E-state index contributed by atoms with van der Waals surface area (Å²) in [5, 5.41) is 0.530. The lowest BCUT2D eigenvalue weighted by Crippen LogP contribution is -2.24. The van der Waals surface area contributed by atoms with E-state index in [2.05, 4.69) is 0 Å². The summed E-state index contributed by atoms with van der Waals surface area (Å²) in [6.07, 6.45) is -0.925. The number of hydrogen-bond donors (Lipinski definition) is 0. The van der Waals surface area contributed by atoms with Gasteiger partial charge in [-0.25, -0.2) is 4.79 Å². The van der Waals surface area contributed by atoms with Gasteiger partial charge in [-0.1, -0.05) is 11.6 Å². The molecule has 2 rings (SSSR count). The highest BCUT2D eigenvalue weighted by Gasteiger charge is 2.21. The highest BCUT2D eigenvalue weighted by atomic mass is 35.5. The summed E-state index contributed by atoms with van der Waals surface area (Å²) in [6.45, 7) is 3.86. The van der Waals surface area contributed by atoms with Crippen LogP contribution < -0.4 is 9.47 Å². The van der Waals surface area contributed by atoms with E-state index in [4.69, 9.17) is 25.8 Å². The van der Waals surface area contributed by atoms with E-state index in [1.165, 1.54) is 20.1 Å². The summed E-state index contributed by atoms with van der Waals surface area (Å²) in [4.78, 5) is 24.6. The first-order chi connectivity index (χ1) is 12.0. The van der Waals surface area contributed by atoms with Crippen LogP contribution >= 0.6 is 11.6 Å². The molecule has 0 N–H and O–H groups in total. The molecule has 0 unspecified atom stereocenters. The molecule has 0 amide bonds. The molecule has 0 saturated heterocycles. The Bertz CT molecular complexity index is 755. The quantitative estimate of drug-likeness (QED) is 0.546. The average molecular weight is 363 g/mol. The van der Waals surface area contributed by atoms with Crippen molar-refractivity contribution in [2.24, 2.45) is 0 Å². The fourth-order valence-corrected chi connectivity index (χ4v) is 2.33. The summed E-state index contributed by atoms with van der Waals surface area (Å²) < 4.78 is 15.9. The van der Waals surface area contributed by atoms with Gasteiger partial charge in [0.2, 0.25) is 5.78 Å². The van der Waals surface area contributed by atoms with Crippen molar-refractivity contribution in [1.29, 1.82) is 0 Å². The number of carbonyl (C=O) groups is 2. The average Bonchev–Trinajstić information content (AvgIpc) is 2.62. The van der Waals surface area contributed by atoms with Gasteiger partial charge in [0, 0.05) is 10.6 Å². The van der Waals surface area contributed by atoms with E-state index in [9.17, 15) is 9.59 Å². The number of ketones is 1. The number of ether oxygens (including phenoxy) is 3. The first-order valence-corrected chi connectivity index (χ1v) is 8.15. The number of esters is 1. The number of methoxy groups -OCH3 is 1. The molecule has 2 aromatic rings. The van der Waals surface area contributed by atoms with Gasteiger partial charge in [0.25, 0.3) is 0 Å². The summed E-state index contributed by atoms with van der Waals surface area (Å²) in [5.41, 5.74) is 0.699. The van der Waals surface area contributed by atoms with Gasteiger partial charge in [-0.3, -0.25) is 4.79 Å². The molecule has 0 radical (unpaired) electrons. The van der Waals surface area contributed by atoms with E-state index in [-0.39, 0.29) is 11.3 Å². The summed E-state index contributed by atoms with van der Waals surface area (Å²) >= 11 is 5.81. The second kappa shape index (κ2) is 8.53. The SMILES string of the molecule is CCOc1ccc(C(=O)O[C@@H](C)C(=O)c2ccc(Cl)cc2)cc1OC. The monoisotopic (exact) mass is 362 g/mol. The molecular weight excluding hydrogens is 344 g/mol. The Balaban J connectivity index is 2.10. The number of hydrogen-bond acceptors (Lipinski definition) is 5. The van der Waals surface area contributed by atoms with E-state index in [0.29, 0.717) is 28.7 Å². The maximum Gasteiger partial charge on any atom is 0.338 e. The van der Waals surface area contributed by atoms with Crippen LogP contribution in [0.2, 0.25) is 5.02 Å². The van der Waals surface area contributed by atoms with Crippen molar-refractivity contribution in [3.8, 4) is 11.5 Å². The van der Waals surface area contributed by atoms with Crippen LogP contribution in [0, 0.1) is 0 Å². The molecule has 1 atom stereocenters. The van der Waals surface area contributed by atoms with Crippen molar-refractivity contribution < 1.29 is 23.8 Å². The van der Waals surface area contributed by atoms with Crippen molar-refractivity contribution in [3.05, 3.63) is 58.6 Å². The Morgan fingerprint density at radius 1 is 1.04 bits per heavy atom. The predicted octanol–water partition coefficient (Wildman–Crippen LogP) is 4.18. The van der Waals surface area contributed by atoms with Crippen LogP contribution in [0.4, 0.5) is 0 Å². The standard InChI is InChI=1S/C19H19ClO5/c1-4-24-16-10-7-14(11-17(16)23-3)19(22)25-12(2)18(21)13-5-8-15(20)9-6-13/h5-12H,4H2,1-3H3/t12-/m0/s1. The summed E-state index contributed by atoms with van der Waals surface area (Å²) in [5.74, 6) is 0.0406. The van der Waals surface area contributed by atoms with Crippen LogP contribution in [-0.4, -0.2) is 31.6 Å². The predicted molar refractivity (Wildman–Crippen MR) is 94.8 cm³/mol. The molecule has 25 heavy (non-hydrogen) atoms. The molecule has 0 aliphatic carbocycles. The van der Waals surface area contributed by atoms with E-state index in [0.717, 1.165) is 0 Å². The van der Waals surface area contributed by atoms with Gasteiger partial charge in [0.15, 0.2) is 17.6 Å². The van der Waals surface area contributed by atoms with Crippen LogP contribution in [0.15, 0.2) is 42.5 Å². The summed E-state index contributed by atoms with van der Waals surface area (Å²) in [7, 11) is 1.49. The fraction of sp³-hybridized carbons (Fsp3) is 0.263. The van der Waals surface area contributed by atoms with Gasteiger partial charge in [-0.15, -0.1) is 0 Å². The van der Waals surface area contributed by atoms with Crippen molar-refractivity contribution in [1.82, 2.24) is 0 Å². The molecule has 0 heterocycles. The third-order valence-corrected chi connectivity index (χ3v) is 3.73. The van der Waals surface area contributed by atoms with E-state index >= 15 is 0 Å². The maximum atomic E-state index is 12.3. The minimum Gasteiger partial charge on any atom is -0.493 e. The van der Waals surface area contributed by atoms with Gasteiger partial charge in [-0.2, -0.15) is 0 Å². The van der Waals surface area contributed by atoms with Gasteiger partial charge in [0.05, 0.1) is 19.3 Å². The Labute approximate surface area is 151 Å². The maximum absolute atomic E-state index is 12.3. The van der Waals surface area contributed by atoms with E-state index in [1.807, 2.05) is 6.92 Å². The number of benzene rings is 2. The molecule has 5 nitrogen and oxygen atoms in total. The molecule has 0 aliphatic rings. The number of halogens is 1. The first kappa shape index (κ1) is 18.8. The van der Waals surface area contributed by atoms with Crippen LogP contribution in [-0.2, 0) is 4.74 Å². The van der Waals surface area contributed by atoms with Crippen LogP contribution in [0.1, 0.15) is 34.6 Å². The zero-order chi connectivity index (χ0) is 18.4. The lowest BCUT2D eigenvalue weighted by Gasteiger charge is -2.14. The van der Waals surface area contributed by atoms with Gasteiger partial charge in [-0.05, 0) is 56.3 Å². The number of rotatable bonds is 7. The van der Waals surface area contributed by atoms with Crippen LogP contribution in [0.3, 0.4) is 0 Å². The molecule has 2 aromatic carbocycles. The van der Waals surface area contributed by atoms with Crippen molar-refractivity contribution in [2.75, 3.05) is 13.7 Å². The van der Waals surface area contributed by atoms with Gasteiger partial charge < -0.3 is 14.2 Å². The first-order valence-electron chi connectivity index (χ1n) is 7.77. The minimum absolute atomic E-state index is 0.274. The van der Waals surface area contributed by atoms with Crippen molar-refractivity contribution in [2.45, 2.75) is 20.0 Å².